The van der Waals surface area contributed by atoms with Gasteiger partial charge in [-0.2, -0.15) is 0 Å². The van der Waals surface area contributed by atoms with E-state index in [4.69, 9.17) is 16.3 Å². The highest BCUT2D eigenvalue weighted by atomic mass is 35.5. The number of nitrogens with zero attached hydrogens (tertiary/aromatic N) is 2. The monoisotopic (exact) mass is 286 g/mol. The van der Waals surface area contributed by atoms with Crippen molar-refractivity contribution in [3.05, 3.63) is 16.1 Å². The second kappa shape index (κ2) is 5.45. The number of aromatic nitrogens is 1. The highest BCUT2D eigenvalue weighted by Crippen LogP contribution is 2.34. The lowest BCUT2D eigenvalue weighted by molar-refractivity contribution is -0.0538. The molecule has 1 aromatic heterocycles. The quantitative estimate of drug-likeness (QED) is 0.795. The minimum Gasteiger partial charge on any atom is -0.372 e. The van der Waals surface area contributed by atoms with Crippen LogP contribution >= 0.6 is 22.9 Å². The Morgan fingerprint density at radius 3 is 2.78 bits per heavy atom. The number of halogens is 1. The SMILES string of the molecule is CCC(c1nc(CCl)cs1)N1CC2CCC(C1)O2. The van der Waals surface area contributed by atoms with Gasteiger partial charge in [0.25, 0.3) is 0 Å². The molecule has 0 aliphatic carbocycles. The largest absolute Gasteiger partial charge is 0.372 e. The highest BCUT2D eigenvalue weighted by molar-refractivity contribution is 7.09. The van der Waals surface area contributed by atoms with E-state index in [9.17, 15) is 0 Å². The first-order chi connectivity index (χ1) is 8.80. The molecule has 0 N–H and O–H groups in total. The maximum atomic E-state index is 5.90. The summed E-state index contributed by atoms with van der Waals surface area (Å²) in [5.41, 5.74) is 1.01. The molecule has 2 aliphatic heterocycles. The van der Waals surface area contributed by atoms with E-state index in [0.29, 0.717) is 24.1 Å². The van der Waals surface area contributed by atoms with Crippen molar-refractivity contribution in [1.29, 1.82) is 0 Å². The van der Waals surface area contributed by atoms with Crippen LogP contribution in [0.5, 0.6) is 0 Å². The summed E-state index contributed by atoms with van der Waals surface area (Å²) >= 11 is 7.59. The zero-order valence-electron chi connectivity index (χ0n) is 10.6. The van der Waals surface area contributed by atoms with Gasteiger partial charge in [-0.15, -0.1) is 22.9 Å². The molecule has 5 heteroatoms. The Kier molecular flexibility index (Phi) is 3.89. The van der Waals surface area contributed by atoms with Gasteiger partial charge in [0.15, 0.2) is 0 Å². The number of hydrogen-bond donors (Lipinski definition) is 0. The number of hydrogen-bond acceptors (Lipinski definition) is 4. The van der Waals surface area contributed by atoms with Crippen LogP contribution in [0.25, 0.3) is 0 Å². The smallest absolute Gasteiger partial charge is 0.110 e. The van der Waals surface area contributed by atoms with Gasteiger partial charge < -0.3 is 4.74 Å². The Hall–Kier alpha value is -0.160. The maximum absolute atomic E-state index is 5.90. The van der Waals surface area contributed by atoms with Gasteiger partial charge in [0.05, 0.1) is 29.8 Å². The fraction of sp³-hybridized carbons (Fsp3) is 0.769. The number of fused-ring (bicyclic) bond motifs is 2. The molecule has 2 bridgehead atoms. The van der Waals surface area contributed by atoms with Crippen molar-refractivity contribution in [2.45, 2.75) is 50.3 Å². The van der Waals surface area contributed by atoms with Crippen LogP contribution in [0.3, 0.4) is 0 Å². The first-order valence-corrected chi connectivity index (χ1v) is 8.11. The van der Waals surface area contributed by atoms with Crippen LogP contribution in [-0.2, 0) is 10.6 Å². The molecule has 3 nitrogen and oxygen atoms in total. The summed E-state index contributed by atoms with van der Waals surface area (Å²) in [5.74, 6) is 0.515. The zero-order valence-corrected chi connectivity index (χ0v) is 12.2. The van der Waals surface area contributed by atoms with E-state index >= 15 is 0 Å². The van der Waals surface area contributed by atoms with Crippen LogP contribution in [0.2, 0.25) is 0 Å². The van der Waals surface area contributed by atoms with Crippen molar-refractivity contribution >= 4 is 22.9 Å². The molecular formula is C13H19ClN2OS. The number of rotatable bonds is 4. The normalized spacial score (nSPS) is 29.7. The van der Waals surface area contributed by atoms with E-state index in [1.807, 2.05) is 0 Å². The Morgan fingerprint density at radius 2 is 2.22 bits per heavy atom. The molecule has 100 valence electrons. The van der Waals surface area contributed by atoms with Gasteiger partial charge in [0.2, 0.25) is 0 Å². The molecule has 1 aromatic rings. The molecule has 18 heavy (non-hydrogen) atoms. The molecule has 2 fully saturated rings. The summed E-state index contributed by atoms with van der Waals surface area (Å²) < 4.78 is 5.90. The average molecular weight is 287 g/mol. The third kappa shape index (κ3) is 2.44. The van der Waals surface area contributed by atoms with Crippen LogP contribution in [-0.4, -0.2) is 35.2 Å². The van der Waals surface area contributed by atoms with Crippen molar-refractivity contribution in [2.75, 3.05) is 13.1 Å². The van der Waals surface area contributed by atoms with E-state index in [2.05, 4.69) is 22.2 Å². The molecule has 2 saturated heterocycles. The van der Waals surface area contributed by atoms with E-state index in [1.165, 1.54) is 17.8 Å². The Morgan fingerprint density at radius 1 is 1.50 bits per heavy atom. The van der Waals surface area contributed by atoms with Crippen molar-refractivity contribution in [3.63, 3.8) is 0 Å². The Bertz CT molecular complexity index is 399. The van der Waals surface area contributed by atoms with E-state index < -0.39 is 0 Å². The van der Waals surface area contributed by atoms with Crippen LogP contribution in [0.1, 0.15) is 42.9 Å². The minimum atomic E-state index is 0.443. The van der Waals surface area contributed by atoms with Crippen LogP contribution in [0.15, 0.2) is 5.38 Å². The van der Waals surface area contributed by atoms with Crippen molar-refractivity contribution in [1.82, 2.24) is 9.88 Å². The molecule has 0 aromatic carbocycles. The Labute approximate surface area is 117 Å². The Balaban J connectivity index is 1.75. The fourth-order valence-corrected chi connectivity index (χ4v) is 4.29. The molecule has 3 rings (SSSR count). The predicted molar refractivity (Wildman–Crippen MR) is 74.2 cm³/mol. The van der Waals surface area contributed by atoms with Crippen molar-refractivity contribution < 1.29 is 4.74 Å². The summed E-state index contributed by atoms with van der Waals surface area (Å²) in [6.45, 7) is 4.36. The predicted octanol–water partition coefficient (Wildman–Crippen LogP) is 3.20. The summed E-state index contributed by atoms with van der Waals surface area (Å²) in [6.07, 6.45) is 4.45. The second-order valence-corrected chi connectivity index (χ2v) is 6.30. The van der Waals surface area contributed by atoms with Gasteiger partial charge in [-0.05, 0) is 19.3 Å². The molecule has 3 unspecified atom stereocenters. The number of ether oxygens (including phenoxy) is 1. The summed E-state index contributed by atoms with van der Waals surface area (Å²) in [4.78, 5) is 7.21. The standard InChI is InChI=1S/C13H19ClN2OS/c1-2-12(13-15-9(5-14)8-18-13)16-6-10-3-4-11(7-16)17-10/h8,10-12H,2-7H2,1H3. The third-order valence-corrected chi connectivity index (χ3v) is 5.16. The molecule has 2 aliphatic rings. The van der Waals surface area contributed by atoms with Gasteiger partial charge in [0.1, 0.15) is 5.01 Å². The van der Waals surface area contributed by atoms with E-state index in [-0.39, 0.29) is 0 Å². The molecule has 0 radical (unpaired) electrons. The topological polar surface area (TPSA) is 25.4 Å². The lowest BCUT2D eigenvalue weighted by Crippen LogP contribution is -2.44. The lowest BCUT2D eigenvalue weighted by atomic mass is 10.1. The molecular weight excluding hydrogens is 268 g/mol. The van der Waals surface area contributed by atoms with E-state index in [1.54, 1.807) is 11.3 Å². The number of alkyl halides is 1. The summed E-state index contributed by atoms with van der Waals surface area (Å²) in [6, 6.07) is 0.443. The van der Waals surface area contributed by atoms with Crippen molar-refractivity contribution in [2.24, 2.45) is 0 Å². The minimum absolute atomic E-state index is 0.443. The van der Waals surface area contributed by atoms with Gasteiger partial charge >= 0.3 is 0 Å². The fourth-order valence-electron chi connectivity index (χ4n) is 3.03. The number of likely N-dealkylation sites (tertiary alicyclic amines) is 1. The van der Waals surface area contributed by atoms with Crippen molar-refractivity contribution in [3.8, 4) is 0 Å². The van der Waals surface area contributed by atoms with Gasteiger partial charge in [0, 0.05) is 18.5 Å². The van der Waals surface area contributed by atoms with Crippen LogP contribution < -0.4 is 0 Å². The van der Waals surface area contributed by atoms with Gasteiger partial charge in [-0.3, -0.25) is 4.90 Å². The first-order valence-electron chi connectivity index (χ1n) is 6.70. The lowest BCUT2D eigenvalue weighted by Gasteiger charge is -2.36. The number of morpholine rings is 1. The van der Waals surface area contributed by atoms with E-state index in [0.717, 1.165) is 25.2 Å². The van der Waals surface area contributed by atoms with Crippen LogP contribution in [0, 0.1) is 0 Å². The summed E-state index contributed by atoms with van der Waals surface area (Å²) in [7, 11) is 0. The summed E-state index contributed by atoms with van der Waals surface area (Å²) in [5, 5.41) is 3.30. The molecule has 3 atom stereocenters. The molecule has 3 heterocycles. The molecule has 0 saturated carbocycles. The average Bonchev–Trinajstić information content (AvgIpc) is 2.98. The molecule has 0 spiro atoms. The molecule has 0 amide bonds. The van der Waals surface area contributed by atoms with Gasteiger partial charge in [-0.25, -0.2) is 4.98 Å². The van der Waals surface area contributed by atoms with Crippen LogP contribution in [0.4, 0.5) is 0 Å². The number of thiazole rings is 1. The maximum Gasteiger partial charge on any atom is 0.110 e. The third-order valence-electron chi connectivity index (χ3n) is 3.89. The first kappa shape index (κ1) is 12.9. The van der Waals surface area contributed by atoms with Gasteiger partial charge in [-0.1, -0.05) is 6.92 Å². The second-order valence-electron chi connectivity index (χ2n) is 5.15. The zero-order chi connectivity index (χ0) is 12.5. The highest BCUT2D eigenvalue weighted by Gasteiger charge is 2.37.